The van der Waals surface area contributed by atoms with Crippen LogP contribution in [0.15, 0.2) is 29.4 Å². The fraction of sp³-hybridized carbons (Fsp3) is 0.458. The minimum absolute atomic E-state index is 0.0460. The van der Waals surface area contributed by atoms with Crippen LogP contribution >= 0.6 is 23.1 Å². The number of hydrogen-bond donors (Lipinski definition) is 2. The van der Waals surface area contributed by atoms with E-state index < -0.39 is 0 Å². The number of aromatic nitrogens is 3. The van der Waals surface area contributed by atoms with E-state index in [-0.39, 0.29) is 5.25 Å². The largest absolute Gasteiger partial charge is 0.493 e. The predicted octanol–water partition coefficient (Wildman–Crippen LogP) is 4.80. The number of aryl methyl sites for hydroxylation is 1. The van der Waals surface area contributed by atoms with Crippen molar-refractivity contribution in [1.82, 2.24) is 19.9 Å². The van der Waals surface area contributed by atoms with Crippen LogP contribution in [0.25, 0.3) is 10.6 Å². The topological polar surface area (TPSA) is 112 Å². The molecule has 1 atom stereocenters. The number of rotatable bonds is 9. The number of nitrogens with zero attached hydrogens (tertiary/aromatic N) is 4. The van der Waals surface area contributed by atoms with Gasteiger partial charge in [0, 0.05) is 23.1 Å². The molecule has 1 aliphatic rings. The molecule has 34 heavy (non-hydrogen) atoms. The molecule has 1 fully saturated rings. The Kier molecular flexibility index (Phi) is 8.12. The molecule has 4 rings (SSSR count). The number of hydrogen-bond acceptors (Lipinski definition) is 10. The van der Waals surface area contributed by atoms with Crippen molar-refractivity contribution in [2.45, 2.75) is 43.5 Å². The van der Waals surface area contributed by atoms with Gasteiger partial charge in [0.05, 0.1) is 18.1 Å². The minimum atomic E-state index is 0.0460. The molecule has 3 heterocycles. The molecule has 4 N–H and O–H groups in total. The Morgan fingerprint density at radius 2 is 1.79 bits per heavy atom. The summed E-state index contributed by atoms with van der Waals surface area (Å²) in [6.45, 7) is 8.05. The lowest BCUT2D eigenvalue weighted by atomic mass is 10.1. The van der Waals surface area contributed by atoms with Gasteiger partial charge < -0.3 is 20.9 Å². The molecule has 2 aromatic heterocycles. The second-order valence-electron chi connectivity index (χ2n) is 8.34. The van der Waals surface area contributed by atoms with Gasteiger partial charge >= 0.3 is 0 Å². The van der Waals surface area contributed by atoms with Crippen LogP contribution in [-0.4, -0.2) is 53.2 Å². The summed E-state index contributed by atoms with van der Waals surface area (Å²) in [5.41, 5.74) is 13.6. The molecule has 3 aromatic rings. The number of benzene rings is 1. The number of nitrogen functional groups attached to an aromatic ring is 2. The van der Waals surface area contributed by atoms with Crippen molar-refractivity contribution < 1.29 is 9.47 Å². The van der Waals surface area contributed by atoms with Crippen molar-refractivity contribution in [3.63, 3.8) is 0 Å². The van der Waals surface area contributed by atoms with Crippen LogP contribution in [0.4, 0.5) is 11.6 Å². The Morgan fingerprint density at radius 3 is 2.50 bits per heavy atom. The molecule has 1 saturated heterocycles. The number of likely N-dealkylation sites (tertiary alicyclic amines) is 1. The van der Waals surface area contributed by atoms with Crippen molar-refractivity contribution in [2.75, 3.05) is 44.8 Å². The van der Waals surface area contributed by atoms with Crippen molar-refractivity contribution in [1.29, 1.82) is 0 Å². The number of nitrogens with two attached hydrogens (primary N) is 2. The molecule has 0 aliphatic carbocycles. The second kappa shape index (κ2) is 11.2. The van der Waals surface area contributed by atoms with E-state index in [1.807, 2.05) is 18.2 Å². The van der Waals surface area contributed by atoms with E-state index in [1.54, 1.807) is 24.5 Å². The van der Waals surface area contributed by atoms with Gasteiger partial charge in [-0.1, -0.05) is 18.2 Å². The number of anilines is 2. The molecular weight excluding hydrogens is 468 g/mol. The molecule has 1 aromatic carbocycles. The minimum Gasteiger partial charge on any atom is -0.493 e. The highest BCUT2D eigenvalue weighted by Crippen LogP contribution is 2.40. The van der Waals surface area contributed by atoms with Crippen LogP contribution in [0.5, 0.6) is 11.5 Å². The number of thiazole rings is 1. The maximum atomic E-state index is 6.14. The molecule has 182 valence electrons. The molecule has 10 heteroatoms. The lowest BCUT2D eigenvalue weighted by Gasteiger charge is -2.26. The third-order valence-electron chi connectivity index (χ3n) is 5.77. The van der Waals surface area contributed by atoms with E-state index >= 15 is 0 Å². The predicted molar refractivity (Wildman–Crippen MR) is 140 cm³/mol. The molecule has 0 amide bonds. The highest BCUT2D eigenvalue weighted by Gasteiger charge is 2.19. The third kappa shape index (κ3) is 6.11. The molecule has 1 aliphatic heterocycles. The van der Waals surface area contributed by atoms with Crippen LogP contribution in [0.3, 0.4) is 0 Å². The van der Waals surface area contributed by atoms with E-state index in [0.717, 1.165) is 52.3 Å². The smallest absolute Gasteiger partial charge is 0.192 e. The van der Waals surface area contributed by atoms with Crippen molar-refractivity contribution >= 4 is 34.7 Å². The van der Waals surface area contributed by atoms with Gasteiger partial charge in [-0.05, 0) is 58.0 Å². The average molecular weight is 501 g/mol. The summed E-state index contributed by atoms with van der Waals surface area (Å²) in [5, 5.41) is 1.54. The summed E-state index contributed by atoms with van der Waals surface area (Å²) >= 11 is 3.16. The zero-order valence-electron chi connectivity index (χ0n) is 19.9. The maximum Gasteiger partial charge on any atom is 0.192 e. The van der Waals surface area contributed by atoms with Crippen LogP contribution in [0, 0.1) is 6.92 Å². The molecular formula is C24H32N6O2S2. The van der Waals surface area contributed by atoms with Gasteiger partial charge in [-0.2, -0.15) is 0 Å². The fourth-order valence-electron chi connectivity index (χ4n) is 4.03. The molecule has 0 spiro atoms. The molecule has 8 nitrogen and oxygen atoms in total. The van der Waals surface area contributed by atoms with Crippen molar-refractivity contribution in [2.24, 2.45) is 0 Å². The zero-order valence-corrected chi connectivity index (χ0v) is 21.5. The van der Waals surface area contributed by atoms with E-state index in [0.29, 0.717) is 23.4 Å². The first-order chi connectivity index (χ1) is 16.4. The van der Waals surface area contributed by atoms with Gasteiger partial charge in [0.25, 0.3) is 0 Å². The van der Waals surface area contributed by atoms with Crippen molar-refractivity contribution in [3.05, 3.63) is 34.8 Å². The number of ether oxygens (including phenoxy) is 2. The lowest BCUT2D eigenvalue weighted by molar-refractivity contribution is 0.180. The lowest BCUT2D eigenvalue weighted by Crippen LogP contribution is -2.33. The van der Waals surface area contributed by atoms with Gasteiger partial charge in [-0.25, -0.2) is 15.0 Å². The van der Waals surface area contributed by atoms with Crippen LogP contribution in [0.1, 0.15) is 42.0 Å². The van der Waals surface area contributed by atoms with Crippen molar-refractivity contribution in [3.8, 4) is 22.1 Å². The second-order valence-corrected chi connectivity index (χ2v) is 10.8. The SMILES string of the molecule is COc1ccc(-c2nc([C@H](C)Sc3nc(N)cc(N)n3)c(C)s2)cc1OCCN1CCCCC1. The molecule has 0 unspecified atom stereocenters. The summed E-state index contributed by atoms with van der Waals surface area (Å²) in [6.07, 6.45) is 3.89. The van der Waals surface area contributed by atoms with E-state index in [9.17, 15) is 0 Å². The zero-order chi connectivity index (χ0) is 24.1. The number of piperidine rings is 1. The standard InChI is InChI=1S/C24H32N6O2S2/c1-15-22(16(2)34-24-27-20(25)14-21(26)28-24)29-23(33-15)17-7-8-18(31-3)19(13-17)32-12-11-30-9-5-4-6-10-30/h7-8,13-14,16H,4-6,9-12H2,1-3H3,(H4,25,26,27,28)/t16-/m0/s1. The Hall–Kier alpha value is -2.56. The first-order valence-corrected chi connectivity index (χ1v) is 13.2. The van der Waals surface area contributed by atoms with Gasteiger partial charge in [-0.3, -0.25) is 4.90 Å². The maximum absolute atomic E-state index is 6.14. The Morgan fingerprint density at radius 1 is 1.06 bits per heavy atom. The average Bonchev–Trinajstić information content (AvgIpc) is 3.21. The molecule has 0 radical (unpaired) electrons. The highest BCUT2D eigenvalue weighted by molar-refractivity contribution is 7.99. The third-order valence-corrected chi connectivity index (χ3v) is 7.78. The monoisotopic (exact) mass is 500 g/mol. The summed E-state index contributed by atoms with van der Waals surface area (Å²) in [5.74, 6) is 2.21. The van der Waals surface area contributed by atoms with E-state index in [2.05, 4.69) is 28.7 Å². The van der Waals surface area contributed by atoms with Gasteiger partial charge in [0.1, 0.15) is 23.3 Å². The summed E-state index contributed by atoms with van der Waals surface area (Å²) in [6, 6.07) is 7.55. The fourth-order valence-corrected chi connectivity index (χ4v) is 6.08. The highest BCUT2D eigenvalue weighted by atomic mass is 32.2. The van der Waals surface area contributed by atoms with Crippen LogP contribution in [0.2, 0.25) is 0 Å². The first-order valence-electron chi connectivity index (χ1n) is 11.5. The molecule has 0 bridgehead atoms. The Balaban J connectivity index is 1.48. The van der Waals surface area contributed by atoms with E-state index in [1.165, 1.54) is 31.0 Å². The van der Waals surface area contributed by atoms with Gasteiger partial charge in [0.15, 0.2) is 16.7 Å². The van der Waals surface area contributed by atoms with Crippen LogP contribution < -0.4 is 20.9 Å². The van der Waals surface area contributed by atoms with Gasteiger partial charge in [-0.15, -0.1) is 11.3 Å². The molecule has 0 saturated carbocycles. The normalized spacial score (nSPS) is 15.3. The van der Waals surface area contributed by atoms with Crippen LogP contribution in [-0.2, 0) is 0 Å². The summed E-state index contributed by atoms with van der Waals surface area (Å²) in [4.78, 5) is 17.1. The quantitative estimate of drug-likeness (QED) is 0.316. The first kappa shape index (κ1) is 24.6. The number of methoxy groups -OCH3 is 1. The Bertz CT molecular complexity index is 1100. The van der Waals surface area contributed by atoms with Gasteiger partial charge in [0.2, 0.25) is 0 Å². The Labute approximate surface area is 209 Å². The van der Waals surface area contributed by atoms with E-state index in [4.69, 9.17) is 25.9 Å². The number of thioether (sulfide) groups is 1. The summed E-state index contributed by atoms with van der Waals surface area (Å²) < 4.78 is 11.7. The summed E-state index contributed by atoms with van der Waals surface area (Å²) in [7, 11) is 1.67.